The molecule has 2 aromatic carbocycles. The fourth-order valence-corrected chi connectivity index (χ4v) is 3.58. The minimum absolute atomic E-state index is 0.0213. The fraction of sp³-hybridized carbons (Fsp3) is 0.364. The lowest BCUT2D eigenvalue weighted by atomic mass is 10.1. The van der Waals surface area contributed by atoms with Crippen LogP contribution in [-0.4, -0.2) is 36.4 Å². The maximum absolute atomic E-state index is 12.5. The van der Waals surface area contributed by atoms with E-state index >= 15 is 0 Å². The number of hydrogen-bond donors (Lipinski definition) is 1. The van der Waals surface area contributed by atoms with Crippen LogP contribution in [0.1, 0.15) is 41.6 Å². The van der Waals surface area contributed by atoms with E-state index in [9.17, 15) is 9.59 Å². The van der Waals surface area contributed by atoms with Gasteiger partial charge in [0.05, 0.1) is 11.1 Å². The molecule has 3 rings (SSSR count). The first-order chi connectivity index (χ1) is 13.6. The Kier molecular flexibility index (Phi) is 7.48. The first-order valence-corrected chi connectivity index (χ1v) is 10.4. The number of carbonyl (C=O) groups is 2. The monoisotopic (exact) mass is 444 g/mol. The number of halogens is 1. The van der Waals surface area contributed by atoms with Gasteiger partial charge in [-0.05, 0) is 65.0 Å². The molecule has 1 saturated heterocycles. The molecule has 1 aliphatic rings. The second-order valence-electron chi connectivity index (χ2n) is 6.86. The summed E-state index contributed by atoms with van der Waals surface area (Å²) >= 11 is 3.43. The third kappa shape index (κ3) is 5.83. The third-order valence-corrected chi connectivity index (χ3v) is 5.35. The van der Waals surface area contributed by atoms with Crippen LogP contribution in [0.3, 0.4) is 0 Å². The quantitative estimate of drug-likeness (QED) is 0.621. The first kappa shape index (κ1) is 20.4. The summed E-state index contributed by atoms with van der Waals surface area (Å²) in [6, 6.07) is 15.2. The van der Waals surface area contributed by atoms with E-state index in [2.05, 4.69) is 21.2 Å². The van der Waals surface area contributed by atoms with Gasteiger partial charge in [-0.25, -0.2) is 0 Å². The Balaban J connectivity index is 1.40. The lowest BCUT2D eigenvalue weighted by Gasteiger charge is -2.15. The number of likely N-dealkylation sites (tertiary alicyclic amines) is 1. The molecule has 0 spiro atoms. The van der Waals surface area contributed by atoms with E-state index in [0.717, 1.165) is 41.7 Å². The molecule has 28 heavy (non-hydrogen) atoms. The average Bonchev–Trinajstić information content (AvgIpc) is 3.25. The molecule has 0 bridgehead atoms. The number of rotatable bonds is 8. The Morgan fingerprint density at radius 2 is 1.86 bits per heavy atom. The summed E-state index contributed by atoms with van der Waals surface area (Å²) in [6.45, 7) is 2.57. The molecule has 0 aliphatic carbocycles. The summed E-state index contributed by atoms with van der Waals surface area (Å²) < 4.78 is 6.58. The number of para-hydroxylation sites is 1. The van der Waals surface area contributed by atoms with Crippen LogP contribution in [0.2, 0.25) is 0 Å². The van der Waals surface area contributed by atoms with E-state index in [0.29, 0.717) is 31.6 Å². The fourth-order valence-electron chi connectivity index (χ4n) is 3.18. The van der Waals surface area contributed by atoms with E-state index < -0.39 is 0 Å². The first-order valence-electron chi connectivity index (χ1n) is 9.66. The molecule has 5 nitrogen and oxygen atoms in total. The summed E-state index contributed by atoms with van der Waals surface area (Å²) in [7, 11) is 0. The van der Waals surface area contributed by atoms with E-state index in [1.807, 2.05) is 53.4 Å². The highest BCUT2D eigenvalue weighted by molar-refractivity contribution is 9.10. The SMILES string of the molecule is O=C(CCCOc1ccccc1Br)NCc1cccc(C(=O)N2CCCC2)c1. The van der Waals surface area contributed by atoms with Crippen molar-refractivity contribution < 1.29 is 14.3 Å². The van der Waals surface area contributed by atoms with Crippen LogP contribution in [0.5, 0.6) is 5.75 Å². The van der Waals surface area contributed by atoms with Gasteiger partial charge in [0.2, 0.25) is 5.91 Å². The molecule has 6 heteroatoms. The van der Waals surface area contributed by atoms with Crippen molar-refractivity contribution in [2.45, 2.75) is 32.2 Å². The van der Waals surface area contributed by atoms with Crippen molar-refractivity contribution in [2.24, 2.45) is 0 Å². The van der Waals surface area contributed by atoms with Gasteiger partial charge in [0.15, 0.2) is 0 Å². The molecular weight excluding hydrogens is 420 g/mol. The minimum atomic E-state index is -0.0213. The Morgan fingerprint density at radius 3 is 2.64 bits per heavy atom. The minimum Gasteiger partial charge on any atom is -0.492 e. The van der Waals surface area contributed by atoms with Gasteiger partial charge in [-0.2, -0.15) is 0 Å². The number of hydrogen-bond acceptors (Lipinski definition) is 3. The second-order valence-corrected chi connectivity index (χ2v) is 7.71. The molecule has 0 saturated carbocycles. The summed E-state index contributed by atoms with van der Waals surface area (Å²) in [5.41, 5.74) is 1.62. The molecule has 1 heterocycles. The van der Waals surface area contributed by atoms with E-state index in [1.54, 1.807) is 0 Å². The van der Waals surface area contributed by atoms with Crippen LogP contribution in [0.15, 0.2) is 53.0 Å². The van der Waals surface area contributed by atoms with Crippen molar-refractivity contribution >= 4 is 27.7 Å². The molecule has 2 amide bonds. The van der Waals surface area contributed by atoms with E-state index in [4.69, 9.17) is 4.74 Å². The zero-order valence-corrected chi connectivity index (χ0v) is 17.4. The molecule has 0 aromatic heterocycles. The lowest BCUT2D eigenvalue weighted by molar-refractivity contribution is -0.121. The Bertz CT molecular complexity index is 819. The van der Waals surface area contributed by atoms with Crippen molar-refractivity contribution in [2.75, 3.05) is 19.7 Å². The van der Waals surface area contributed by atoms with Gasteiger partial charge in [-0.3, -0.25) is 9.59 Å². The third-order valence-electron chi connectivity index (χ3n) is 4.70. The molecular formula is C22H25BrN2O3. The van der Waals surface area contributed by atoms with Crippen molar-refractivity contribution in [3.8, 4) is 5.75 Å². The standard InChI is InChI=1S/C22H25BrN2O3/c23-19-9-1-2-10-20(19)28-14-6-11-21(26)24-16-17-7-5-8-18(15-17)22(27)25-12-3-4-13-25/h1-2,5,7-10,15H,3-4,6,11-14,16H2,(H,24,26). The highest BCUT2D eigenvalue weighted by Crippen LogP contribution is 2.23. The van der Waals surface area contributed by atoms with Gasteiger partial charge < -0.3 is 15.0 Å². The molecule has 1 aliphatic heterocycles. The van der Waals surface area contributed by atoms with Gasteiger partial charge in [-0.1, -0.05) is 24.3 Å². The van der Waals surface area contributed by atoms with Gasteiger partial charge >= 0.3 is 0 Å². The molecule has 0 radical (unpaired) electrons. The van der Waals surface area contributed by atoms with Crippen LogP contribution in [0, 0.1) is 0 Å². The summed E-state index contributed by atoms with van der Waals surface area (Å²) in [6.07, 6.45) is 3.19. The summed E-state index contributed by atoms with van der Waals surface area (Å²) in [4.78, 5) is 26.4. The smallest absolute Gasteiger partial charge is 0.253 e. The predicted molar refractivity (Wildman–Crippen MR) is 112 cm³/mol. The Labute approximate surface area is 174 Å². The predicted octanol–water partition coefficient (Wildman–Crippen LogP) is 4.16. The number of carbonyl (C=O) groups excluding carboxylic acids is 2. The zero-order chi connectivity index (χ0) is 19.8. The van der Waals surface area contributed by atoms with Gasteiger partial charge in [-0.15, -0.1) is 0 Å². The van der Waals surface area contributed by atoms with Crippen LogP contribution in [0.25, 0.3) is 0 Å². The number of nitrogens with one attached hydrogen (secondary N) is 1. The number of nitrogens with zero attached hydrogens (tertiary/aromatic N) is 1. The van der Waals surface area contributed by atoms with Crippen molar-refractivity contribution in [3.63, 3.8) is 0 Å². The maximum Gasteiger partial charge on any atom is 0.253 e. The number of amides is 2. The number of benzene rings is 2. The Morgan fingerprint density at radius 1 is 1.07 bits per heavy atom. The zero-order valence-electron chi connectivity index (χ0n) is 15.8. The lowest BCUT2D eigenvalue weighted by Crippen LogP contribution is -2.28. The average molecular weight is 445 g/mol. The van der Waals surface area contributed by atoms with Gasteiger partial charge in [0.25, 0.3) is 5.91 Å². The van der Waals surface area contributed by atoms with Crippen molar-refractivity contribution in [1.82, 2.24) is 10.2 Å². The number of ether oxygens (including phenoxy) is 1. The van der Waals surface area contributed by atoms with Crippen molar-refractivity contribution in [1.29, 1.82) is 0 Å². The van der Waals surface area contributed by atoms with E-state index in [-0.39, 0.29) is 11.8 Å². The molecule has 0 unspecified atom stereocenters. The molecule has 2 aromatic rings. The highest BCUT2D eigenvalue weighted by atomic mass is 79.9. The molecule has 0 atom stereocenters. The second kappa shape index (κ2) is 10.3. The topological polar surface area (TPSA) is 58.6 Å². The molecule has 148 valence electrons. The van der Waals surface area contributed by atoms with E-state index in [1.165, 1.54) is 0 Å². The maximum atomic E-state index is 12.5. The normalized spacial score (nSPS) is 13.4. The highest BCUT2D eigenvalue weighted by Gasteiger charge is 2.19. The van der Waals surface area contributed by atoms with Crippen LogP contribution >= 0.6 is 15.9 Å². The van der Waals surface area contributed by atoms with Gasteiger partial charge in [0, 0.05) is 31.6 Å². The van der Waals surface area contributed by atoms with Crippen LogP contribution in [-0.2, 0) is 11.3 Å². The molecule has 1 N–H and O–H groups in total. The van der Waals surface area contributed by atoms with Gasteiger partial charge in [0.1, 0.15) is 5.75 Å². The van der Waals surface area contributed by atoms with Crippen LogP contribution in [0.4, 0.5) is 0 Å². The molecule has 1 fully saturated rings. The summed E-state index contributed by atoms with van der Waals surface area (Å²) in [5, 5.41) is 2.92. The van der Waals surface area contributed by atoms with Crippen molar-refractivity contribution in [3.05, 3.63) is 64.1 Å². The Hall–Kier alpha value is -2.34. The summed E-state index contributed by atoms with van der Waals surface area (Å²) in [5.74, 6) is 0.837. The largest absolute Gasteiger partial charge is 0.492 e. The van der Waals surface area contributed by atoms with Crippen LogP contribution < -0.4 is 10.1 Å².